The fraction of sp³-hybridized carbons (Fsp3) is 0.0870. The van der Waals surface area contributed by atoms with Crippen molar-refractivity contribution in [3.63, 3.8) is 0 Å². The minimum atomic E-state index is -4.91. The van der Waals surface area contributed by atoms with Crippen molar-refractivity contribution in [2.45, 2.75) is 12.4 Å². The first-order valence-electron chi connectivity index (χ1n) is 10.4. The molecule has 1 amide bonds. The number of alkyl halides is 6. The molecule has 0 bridgehead atoms. The van der Waals surface area contributed by atoms with E-state index in [9.17, 15) is 31.1 Å². The zero-order chi connectivity index (χ0) is 28.7. The van der Waals surface area contributed by atoms with Crippen molar-refractivity contribution in [1.82, 2.24) is 25.0 Å². The number of nitrogens with zero attached hydrogens (tertiary/aromatic N) is 5. The quantitative estimate of drug-likeness (QED) is 0.287. The van der Waals surface area contributed by atoms with Crippen LogP contribution >= 0.6 is 11.6 Å². The Morgan fingerprint density at radius 1 is 1.00 bits per heavy atom. The normalized spacial score (nSPS) is 11.9. The molecule has 8 nitrogen and oxygen atoms in total. The van der Waals surface area contributed by atoms with Crippen LogP contribution in [0.3, 0.4) is 0 Å². The molecule has 0 aliphatic heterocycles. The molecule has 0 saturated carbocycles. The van der Waals surface area contributed by atoms with Crippen LogP contribution < -0.4 is 11.1 Å². The van der Waals surface area contributed by atoms with Gasteiger partial charge in [-0.1, -0.05) is 18.2 Å². The minimum Gasteiger partial charge on any atom is -0.397 e. The summed E-state index contributed by atoms with van der Waals surface area (Å²) in [5.41, 5.74) is 0.331. The predicted molar refractivity (Wildman–Crippen MR) is 126 cm³/mol. The smallest absolute Gasteiger partial charge is 0.397 e. The van der Waals surface area contributed by atoms with E-state index in [-0.39, 0.29) is 5.69 Å². The molecule has 0 aliphatic rings. The Kier molecular flexibility index (Phi) is 7.04. The van der Waals surface area contributed by atoms with Crippen molar-refractivity contribution < 1.29 is 35.5 Å². The van der Waals surface area contributed by atoms with E-state index < -0.39 is 74.0 Å². The summed E-state index contributed by atoms with van der Waals surface area (Å²) in [4.78, 5) is 20.7. The number of carbonyl (C=O) groups is 1. The molecular formula is C23H13ClF7N7O. The molecular weight excluding hydrogens is 559 g/mol. The Balaban J connectivity index is 1.71. The summed E-state index contributed by atoms with van der Waals surface area (Å²) in [6.07, 6.45) is -4.86. The molecule has 0 atom stereocenters. The van der Waals surface area contributed by atoms with E-state index in [1.54, 1.807) is 0 Å². The van der Waals surface area contributed by atoms with Crippen LogP contribution in [0.1, 0.15) is 21.5 Å². The highest BCUT2D eigenvalue weighted by molar-refractivity contribution is 6.34. The fourth-order valence-corrected chi connectivity index (χ4v) is 3.74. The maximum atomic E-state index is 15.2. The van der Waals surface area contributed by atoms with Crippen molar-refractivity contribution in [1.29, 1.82) is 0 Å². The number of carbonyl (C=O) groups excluding carboxylic acids is 1. The van der Waals surface area contributed by atoms with Gasteiger partial charge in [0, 0.05) is 22.9 Å². The summed E-state index contributed by atoms with van der Waals surface area (Å²) < 4.78 is 95.9. The van der Waals surface area contributed by atoms with Gasteiger partial charge in [-0.25, -0.2) is 9.37 Å². The number of nitrogens with two attached hydrogens (primary N) is 1. The molecule has 3 heterocycles. The molecule has 39 heavy (non-hydrogen) atoms. The van der Waals surface area contributed by atoms with Gasteiger partial charge in [0.2, 0.25) is 0 Å². The van der Waals surface area contributed by atoms with Gasteiger partial charge in [0.05, 0.1) is 52.3 Å². The molecule has 3 N–H and O–H groups in total. The number of rotatable bonds is 5. The van der Waals surface area contributed by atoms with Crippen LogP contribution in [0.2, 0.25) is 5.02 Å². The van der Waals surface area contributed by atoms with Gasteiger partial charge in [-0.15, -0.1) is 4.80 Å². The average molecular weight is 572 g/mol. The van der Waals surface area contributed by atoms with Crippen molar-refractivity contribution in [3.05, 3.63) is 83.3 Å². The van der Waals surface area contributed by atoms with Crippen molar-refractivity contribution in [2.75, 3.05) is 11.1 Å². The largest absolute Gasteiger partial charge is 0.420 e. The number of hydrogen-bond donors (Lipinski definition) is 2. The van der Waals surface area contributed by atoms with Gasteiger partial charge in [0.25, 0.3) is 5.91 Å². The Morgan fingerprint density at radius 2 is 1.67 bits per heavy atom. The second-order valence-electron chi connectivity index (χ2n) is 7.81. The lowest BCUT2D eigenvalue weighted by Gasteiger charge is -2.17. The SMILES string of the molecule is C=C(c1cncc(N)c1-c1cc(Cl)c(C(=O)Nc2cnc(-n3nccn3)c(C(F)(F)F)c2)cc1F)C(F)(F)F. The van der Waals surface area contributed by atoms with Crippen LogP contribution in [-0.2, 0) is 6.18 Å². The molecule has 0 radical (unpaired) electrons. The zero-order valence-electron chi connectivity index (χ0n) is 19.1. The van der Waals surface area contributed by atoms with Crippen LogP contribution in [0.4, 0.5) is 42.1 Å². The van der Waals surface area contributed by atoms with Crippen molar-refractivity contribution in [3.8, 4) is 16.9 Å². The van der Waals surface area contributed by atoms with Gasteiger partial charge in [0.1, 0.15) is 11.4 Å². The first-order chi connectivity index (χ1) is 18.2. The predicted octanol–water partition coefficient (Wildman–Crippen LogP) is 5.95. The highest BCUT2D eigenvalue weighted by Crippen LogP contribution is 2.42. The summed E-state index contributed by atoms with van der Waals surface area (Å²) in [5, 5.41) is 8.90. The topological polar surface area (TPSA) is 112 Å². The third-order valence-electron chi connectivity index (χ3n) is 5.25. The van der Waals surface area contributed by atoms with Crippen LogP contribution in [-0.4, -0.2) is 37.0 Å². The first-order valence-corrected chi connectivity index (χ1v) is 10.8. The van der Waals surface area contributed by atoms with E-state index in [1.165, 1.54) is 0 Å². The number of anilines is 2. The number of nitrogen functional groups attached to an aromatic ring is 1. The molecule has 4 aromatic rings. The van der Waals surface area contributed by atoms with Crippen LogP contribution in [0.5, 0.6) is 0 Å². The highest BCUT2D eigenvalue weighted by Gasteiger charge is 2.37. The number of aromatic nitrogens is 5. The second kappa shape index (κ2) is 9.98. The number of hydrogen-bond acceptors (Lipinski definition) is 6. The Morgan fingerprint density at radius 3 is 2.28 bits per heavy atom. The van der Waals surface area contributed by atoms with Crippen LogP contribution in [0.25, 0.3) is 22.5 Å². The van der Waals surface area contributed by atoms with E-state index in [2.05, 4.69) is 32.1 Å². The average Bonchev–Trinajstić information content (AvgIpc) is 3.38. The van der Waals surface area contributed by atoms with Gasteiger partial charge < -0.3 is 11.1 Å². The summed E-state index contributed by atoms with van der Waals surface area (Å²) >= 11 is 6.14. The van der Waals surface area contributed by atoms with Gasteiger partial charge >= 0.3 is 12.4 Å². The van der Waals surface area contributed by atoms with Gasteiger partial charge in [-0.05, 0) is 18.2 Å². The van der Waals surface area contributed by atoms with E-state index in [1.807, 2.05) is 0 Å². The molecule has 0 spiro atoms. The Bertz CT molecular complexity index is 1590. The lowest BCUT2D eigenvalue weighted by atomic mass is 9.94. The monoisotopic (exact) mass is 571 g/mol. The molecule has 0 unspecified atom stereocenters. The summed E-state index contributed by atoms with van der Waals surface area (Å²) in [6, 6.07) is 2.03. The highest BCUT2D eigenvalue weighted by atomic mass is 35.5. The maximum absolute atomic E-state index is 15.2. The van der Waals surface area contributed by atoms with Gasteiger partial charge in [0.15, 0.2) is 5.82 Å². The van der Waals surface area contributed by atoms with Crippen LogP contribution in [0, 0.1) is 5.82 Å². The fourth-order valence-electron chi connectivity index (χ4n) is 3.49. The number of allylic oxidation sites excluding steroid dienone is 1. The zero-order valence-corrected chi connectivity index (χ0v) is 19.8. The van der Waals surface area contributed by atoms with E-state index in [4.69, 9.17) is 17.3 Å². The third-order valence-corrected chi connectivity index (χ3v) is 5.56. The second-order valence-corrected chi connectivity index (χ2v) is 8.21. The summed E-state index contributed by atoms with van der Waals surface area (Å²) in [7, 11) is 0. The molecule has 1 aromatic carbocycles. The van der Waals surface area contributed by atoms with Crippen LogP contribution in [0.15, 0.2) is 55.8 Å². The molecule has 0 fully saturated rings. The van der Waals surface area contributed by atoms with E-state index in [0.29, 0.717) is 16.9 Å². The van der Waals surface area contributed by atoms with Gasteiger partial charge in [-0.3, -0.25) is 9.78 Å². The minimum absolute atomic E-state index is 0.331. The summed E-state index contributed by atoms with van der Waals surface area (Å²) in [5.74, 6) is -2.99. The Labute approximate surface area is 218 Å². The maximum Gasteiger partial charge on any atom is 0.420 e. The van der Waals surface area contributed by atoms with Gasteiger partial charge in [-0.2, -0.15) is 36.5 Å². The lowest BCUT2D eigenvalue weighted by molar-refractivity contribution is -0.137. The van der Waals surface area contributed by atoms with E-state index >= 15 is 4.39 Å². The third kappa shape index (κ3) is 5.52. The van der Waals surface area contributed by atoms with Crippen molar-refractivity contribution in [2.24, 2.45) is 0 Å². The number of pyridine rings is 2. The molecule has 202 valence electrons. The molecule has 0 aliphatic carbocycles. The molecule has 4 rings (SSSR count). The lowest BCUT2D eigenvalue weighted by Crippen LogP contribution is -2.18. The molecule has 16 heteroatoms. The number of amides is 1. The standard InChI is InChI=1S/C23H13ClF7N7O/c1-10(22(26,27)28)14-8-33-9-18(32)19(14)13-5-16(24)12(6-17(13)25)21(39)37-11-4-15(23(29,30)31)20(34-7-11)38-35-2-3-36-38/h2-9H,1,32H2,(H,37,39). The first kappa shape index (κ1) is 27.5. The molecule has 0 saturated heterocycles. The molecule has 3 aromatic heterocycles. The Hall–Kier alpha value is -4.53. The van der Waals surface area contributed by atoms with E-state index in [0.717, 1.165) is 37.1 Å². The van der Waals surface area contributed by atoms with Crippen molar-refractivity contribution >= 4 is 34.5 Å². The number of benzene rings is 1. The number of nitrogens with one attached hydrogen (secondary N) is 1. The summed E-state index contributed by atoms with van der Waals surface area (Å²) in [6.45, 7) is 2.98. The number of halogens is 8.